The molecule has 1 heterocycles. The van der Waals surface area contributed by atoms with Crippen LogP contribution in [0.1, 0.15) is 44.2 Å². The quantitative estimate of drug-likeness (QED) is 0.387. The van der Waals surface area contributed by atoms with Crippen LogP contribution in [0.15, 0.2) is 29.4 Å². The van der Waals surface area contributed by atoms with Crippen LogP contribution in [0.4, 0.5) is 0 Å². The van der Waals surface area contributed by atoms with Gasteiger partial charge in [-0.3, -0.25) is 4.90 Å². The zero-order valence-corrected chi connectivity index (χ0v) is 13.1. The Kier molecular flexibility index (Phi) is 5.62. The van der Waals surface area contributed by atoms with Crippen LogP contribution >= 0.6 is 0 Å². The summed E-state index contributed by atoms with van der Waals surface area (Å²) in [6, 6.07) is 7.92. The maximum atomic E-state index is 8.91. The van der Waals surface area contributed by atoms with E-state index in [1.807, 2.05) is 18.2 Å². The minimum Gasteiger partial charge on any atom is -0.409 e. The summed E-state index contributed by atoms with van der Waals surface area (Å²) >= 11 is 0. The van der Waals surface area contributed by atoms with E-state index in [9.17, 15) is 0 Å². The molecule has 0 aromatic heterocycles. The number of likely N-dealkylation sites (tertiary alicyclic amines) is 1. The molecule has 0 spiro atoms. The van der Waals surface area contributed by atoms with E-state index in [-0.39, 0.29) is 5.84 Å². The summed E-state index contributed by atoms with van der Waals surface area (Å²) in [5.74, 6) is 1.81. The molecule has 1 aliphatic rings. The third-order valence-electron chi connectivity index (χ3n) is 4.60. The first-order valence-electron chi connectivity index (χ1n) is 7.90. The summed E-state index contributed by atoms with van der Waals surface area (Å²) in [6.45, 7) is 7.79. The summed E-state index contributed by atoms with van der Waals surface area (Å²) in [4.78, 5) is 2.49. The molecule has 0 saturated carbocycles. The van der Waals surface area contributed by atoms with Crippen LogP contribution in [0.2, 0.25) is 0 Å². The Labute approximate surface area is 127 Å². The molecule has 1 aromatic rings. The van der Waals surface area contributed by atoms with Crippen molar-refractivity contribution in [2.45, 2.75) is 39.7 Å². The van der Waals surface area contributed by atoms with Gasteiger partial charge in [0, 0.05) is 12.1 Å². The van der Waals surface area contributed by atoms with Crippen LogP contribution in [0.25, 0.3) is 0 Å². The molecule has 0 aliphatic carbocycles. The van der Waals surface area contributed by atoms with E-state index >= 15 is 0 Å². The Morgan fingerprint density at radius 2 is 2.10 bits per heavy atom. The SMILES string of the molecule is CC(C)C1CCCN(Cc2ccccc2C(N)=NO)CC1. The summed E-state index contributed by atoms with van der Waals surface area (Å²) in [6.07, 6.45) is 3.86. The van der Waals surface area contributed by atoms with E-state index in [1.165, 1.54) is 19.3 Å². The van der Waals surface area contributed by atoms with Crippen molar-refractivity contribution in [2.24, 2.45) is 22.7 Å². The van der Waals surface area contributed by atoms with Gasteiger partial charge < -0.3 is 10.9 Å². The monoisotopic (exact) mass is 289 g/mol. The average Bonchev–Trinajstić information content (AvgIpc) is 2.73. The third kappa shape index (κ3) is 4.21. The first kappa shape index (κ1) is 15.8. The highest BCUT2D eigenvalue weighted by atomic mass is 16.4. The summed E-state index contributed by atoms with van der Waals surface area (Å²) in [7, 11) is 0. The second-order valence-electron chi connectivity index (χ2n) is 6.35. The van der Waals surface area contributed by atoms with E-state index in [1.54, 1.807) is 0 Å². The molecule has 21 heavy (non-hydrogen) atoms. The van der Waals surface area contributed by atoms with Crippen molar-refractivity contribution in [3.8, 4) is 0 Å². The molecule has 1 aliphatic heterocycles. The van der Waals surface area contributed by atoms with Gasteiger partial charge in [-0.2, -0.15) is 0 Å². The highest BCUT2D eigenvalue weighted by Gasteiger charge is 2.20. The van der Waals surface area contributed by atoms with Crippen LogP contribution in [0, 0.1) is 11.8 Å². The first-order chi connectivity index (χ1) is 10.1. The summed E-state index contributed by atoms with van der Waals surface area (Å²) in [5, 5.41) is 12.1. The van der Waals surface area contributed by atoms with Gasteiger partial charge in [-0.05, 0) is 49.8 Å². The molecule has 1 atom stereocenters. The van der Waals surface area contributed by atoms with Crippen molar-refractivity contribution in [1.29, 1.82) is 0 Å². The van der Waals surface area contributed by atoms with Gasteiger partial charge in [0.1, 0.15) is 0 Å². The first-order valence-corrected chi connectivity index (χ1v) is 7.90. The number of benzene rings is 1. The molecule has 0 radical (unpaired) electrons. The minimum absolute atomic E-state index is 0.195. The molecule has 2 rings (SSSR count). The zero-order valence-electron chi connectivity index (χ0n) is 13.1. The lowest BCUT2D eigenvalue weighted by Crippen LogP contribution is -2.26. The lowest BCUT2D eigenvalue weighted by atomic mass is 9.89. The number of hydrogen-bond acceptors (Lipinski definition) is 3. The molecular formula is C17H27N3O. The van der Waals surface area contributed by atoms with E-state index < -0.39 is 0 Å². The second kappa shape index (κ2) is 7.46. The number of rotatable bonds is 4. The van der Waals surface area contributed by atoms with Crippen molar-refractivity contribution in [3.63, 3.8) is 0 Å². The van der Waals surface area contributed by atoms with Crippen LogP contribution in [-0.2, 0) is 6.54 Å². The molecule has 1 fully saturated rings. The van der Waals surface area contributed by atoms with Gasteiger partial charge in [0.15, 0.2) is 5.84 Å². The average molecular weight is 289 g/mol. The van der Waals surface area contributed by atoms with E-state index in [2.05, 4.69) is 30.0 Å². The number of nitrogens with zero attached hydrogens (tertiary/aromatic N) is 2. The third-order valence-corrected chi connectivity index (χ3v) is 4.60. The molecule has 0 bridgehead atoms. The minimum atomic E-state index is 0.195. The normalized spacial score (nSPS) is 21.5. The van der Waals surface area contributed by atoms with Crippen molar-refractivity contribution >= 4 is 5.84 Å². The molecule has 1 saturated heterocycles. The van der Waals surface area contributed by atoms with Crippen LogP contribution in [0.3, 0.4) is 0 Å². The van der Waals surface area contributed by atoms with Crippen molar-refractivity contribution in [3.05, 3.63) is 35.4 Å². The molecule has 1 unspecified atom stereocenters. The van der Waals surface area contributed by atoms with Gasteiger partial charge >= 0.3 is 0 Å². The topological polar surface area (TPSA) is 61.8 Å². The van der Waals surface area contributed by atoms with E-state index in [4.69, 9.17) is 10.9 Å². The van der Waals surface area contributed by atoms with Crippen molar-refractivity contribution in [1.82, 2.24) is 4.90 Å². The van der Waals surface area contributed by atoms with E-state index in [0.717, 1.165) is 42.6 Å². The molecular weight excluding hydrogens is 262 g/mol. The molecule has 3 N–H and O–H groups in total. The molecule has 116 valence electrons. The van der Waals surface area contributed by atoms with Crippen molar-refractivity contribution < 1.29 is 5.21 Å². The van der Waals surface area contributed by atoms with Crippen LogP contribution in [0.5, 0.6) is 0 Å². The number of hydrogen-bond donors (Lipinski definition) is 2. The van der Waals surface area contributed by atoms with E-state index in [0.29, 0.717) is 0 Å². The van der Waals surface area contributed by atoms with Gasteiger partial charge in [-0.1, -0.05) is 43.3 Å². The van der Waals surface area contributed by atoms with Gasteiger partial charge in [0.25, 0.3) is 0 Å². The fourth-order valence-corrected chi connectivity index (χ4v) is 3.21. The highest BCUT2D eigenvalue weighted by molar-refractivity contribution is 5.98. The predicted molar refractivity (Wildman–Crippen MR) is 86.4 cm³/mol. The standard InChI is InChI=1S/C17H27N3O/c1-13(2)14-7-5-10-20(11-9-14)12-15-6-3-4-8-16(15)17(18)19-21/h3-4,6,8,13-14,21H,5,7,9-12H2,1-2H3,(H2,18,19). The Morgan fingerprint density at radius 1 is 1.33 bits per heavy atom. The van der Waals surface area contributed by atoms with Gasteiger partial charge in [0.05, 0.1) is 0 Å². The van der Waals surface area contributed by atoms with Crippen LogP contribution in [-0.4, -0.2) is 29.0 Å². The Balaban J connectivity index is 2.05. The van der Waals surface area contributed by atoms with Crippen molar-refractivity contribution in [2.75, 3.05) is 13.1 Å². The number of nitrogens with two attached hydrogens (primary N) is 1. The highest BCUT2D eigenvalue weighted by Crippen LogP contribution is 2.25. The van der Waals surface area contributed by atoms with Gasteiger partial charge in [0.2, 0.25) is 0 Å². The number of amidine groups is 1. The second-order valence-corrected chi connectivity index (χ2v) is 6.35. The van der Waals surface area contributed by atoms with Gasteiger partial charge in [-0.15, -0.1) is 0 Å². The number of oxime groups is 1. The lowest BCUT2D eigenvalue weighted by Gasteiger charge is -2.22. The molecule has 4 heteroatoms. The Hall–Kier alpha value is -1.55. The lowest BCUT2D eigenvalue weighted by molar-refractivity contribution is 0.264. The largest absolute Gasteiger partial charge is 0.409 e. The maximum absolute atomic E-state index is 8.91. The van der Waals surface area contributed by atoms with Crippen LogP contribution < -0.4 is 5.73 Å². The summed E-state index contributed by atoms with van der Waals surface area (Å²) in [5.41, 5.74) is 7.75. The smallest absolute Gasteiger partial charge is 0.170 e. The summed E-state index contributed by atoms with van der Waals surface area (Å²) < 4.78 is 0. The molecule has 4 nitrogen and oxygen atoms in total. The zero-order chi connectivity index (χ0) is 15.2. The molecule has 1 aromatic carbocycles. The fraction of sp³-hybridized carbons (Fsp3) is 0.588. The Bertz CT molecular complexity index is 485. The van der Waals surface area contributed by atoms with Gasteiger partial charge in [-0.25, -0.2) is 0 Å². The Morgan fingerprint density at radius 3 is 2.81 bits per heavy atom. The predicted octanol–water partition coefficient (Wildman–Crippen LogP) is 3.04. The maximum Gasteiger partial charge on any atom is 0.170 e. The molecule has 0 amide bonds. The fourth-order valence-electron chi connectivity index (χ4n) is 3.21.